The van der Waals surface area contributed by atoms with Gasteiger partial charge in [-0.25, -0.2) is 0 Å². The van der Waals surface area contributed by atoms with Gasteiger partial charge in [-0.3, -0.25) is 0 Å². The van der Waals surface area contributed by atoms with Gasteiger partial charge in [-0.05, 0) is 137 Å². The zero-order chi connectivity index (χ0) is 59.9. The normalized spacial score (nSPS) is 14.4. The fraction of sp³-hybridized carbons (Fsp3) is 0.108. The zero-order valence-electron chi connectivity index (χ0n) is 53.1. The molecule has 0 bridgehead atoms. The van der Waals surface area contributed by atoms with Crippen LogP contribution >= 0.6 is 0 Å². The van der Waals surface area contributed by atoms with Crippen molar-refractivity contribution in [3.63, 3.8) is 0 Å². The summed E-state index contributed by atoms with van der Waals surface area (Å²) in [7, 11) is 0. The van der Waals surface area contributed by atoms with Crippen molar-refractivity contribution >= 4 is 76.2 Å². The Morgan fingerprint density at radius 2 is 0.684 bits per heavy atom. The molecule has 2 nitrogen and oxygen atoms in total. The monoisotopic (exact) mass is 983 g/mol. The second kappa shape index (κ2) is 16.3. The first-order valence-electron chi connectivity index (χ1n) is 31.1. The summed E-state index contributed by atoms with van der Waals surface area (Å²) in [5.74, 6) is 0. The lowest BCUT2D eigenvalue weighted by atomic mass is 9.85. The lowest BCUT2D eigenvalue weighted by Crippen LogP contribution is -2.10. The summed E-state index contributed by atoms with van der Waals surface area (Å²) in [5.41, 5.74) is 17.6. The first-order chi connectivity index (χ1) is 41.1. The van der Waals surface area contributed by atoms with E-state index in [-0.39, 0.29) is 70.3 Å². The minimum atomic E-state index is -0.423. The van der Waals surface area contributed by atoms with Crippen LogP contribution in [0.5, 0.6) is 0 Å². The number of hydrogen-bond donors (Lipinski definition) is 0. The van der Waals surface area contributed by atoms with E-state index >= 15 is 0 Å². The van der Waals surface area contributed by atoms with E-state index in [1.54, 1.807) is 0 Å². The van der Waals surface area contributed by atoms with E-state index in [0.717, 1.165) is 121 Å². The molecule has 362 valence electrons. The Kier molecular flexibility index (Phi) is 7.54. The SMILES string of the molecule is [2H]c1c([2H])c([2H])c(-c2ccc(-c3ccc4c5cc6c(cc5n5c7ccc(C(C)(C)C)cc7c3c45)c3ccc(-c4ccc(-c5c([2H])c([2H])c([2H])c([2H])c5[2H])cc4-c4ccccc4)c4c5cc(C(C)(C)C)ccc5n6c34)c(-c3ccccc3)c2)c([2H])c1[2H]. The highest BCUT2D eigenvalue weighted by atomic mass is 14.9. The van der Waals surface area contributed by atoms with Crippen LogP contribution in [0, 0.1) is 0 Å². The summed E-state index contributed by atoms with van der Waals surface area (Å²) in [5, 5.41) is 8.89. The second-order valence-corrected chi connectivity index (χ2v) is 22.5. The van der Waals surface area contributed by atoms with E-state index in [9.17, 15) is 0 Å². The van der Waals surface area contributed by atoms with Gasteiger partial charge in [-0.2, -0.15) is 0 Å². The maximum Gasteiger partial charge on any atom is 0.0629 e. The third-order valence-electron chi connectivity index (χ3n) is 16.1. The molecule has 2 heteroatoms. The Labute approximate surface area is 457 Å². The summed E-state index contributed by atoms with van der Waals surface area (Å²) < 4.78 is 91.6. The summed E-state index contributed by atoms with van der Waals surface area (Å²) in [6, 6.07) is 56.3. The van der Waals surface area contributed by atoms with Gasteiger partial charge in [-0.1, -0.05) is 223 Å². The summed E-state index contributed by atoms with van der Waals surface area (Å²) in [6.45, 7) is 13.5. The number of rotatable bonds is 6. The van der Waals surface area contributed by atoms with Gasteiger partial charge in [0.15, 0.2) is 0 Å². The van der Waals surface area contributed by atoms with Crippen molar-refractivity contribution in [3.8, 4) is 66.8 Å². The standard InChI is InChI=1S/C74H56N2/c1-73(2,3)51-29-37-65-63(41-51)69-55(53-31-27-49(45-19-11-7-12-20-45)39-59(53)47-23-15-9-16-24-47)33-35-57-61-44-68-62(43-67(61)75(65)71(57)69)58-36-34-56(70-64-42-52(74(4,5)6)30-38-66(64)76(68)72(58)70)54-32-28-50(46-21-13-8-14-22-46)40-60(54)48-25-17-10-18-26-48/h7-44H,1-6H3/i7D,8D,11D,12D,13D,14D,19D,20D,21D,22D. The number of nitrogens with zero attached hydrogens (tertiary/aromatic N) is 2. The molecule has 0 unspecified atom stereocenters. The quantitative estimate of drug-likeness (QED) is 0.157. The molecular weight excluding hydrogens is 917 g/mol. The predicted molar refractivity (Wildman–Crippen MR) is 326 cm³/mol. The van der Waals surface area contributed by atoms with Crippen molar-refractivity contribution in [2.24, 2.45) is 0 Å². The minimum Gasteiger partial charge on any atom is -0.308 e. The fourth-order valence-corrected chi connectivity index (χ4v) is 12.4. The summed E-state index contributed by atoms with van der Waals surface area (Å²) >= 11 is 0. The summed E-state index contributed by atoms with van der Waals surface area (Å²) in [6.07, 6.45) is 0. The van der Waals surface area contributed by atoms with Gasteiger partial charge in [0.05, 0.1) is 46.8 Å². The van der Waals surface area contributed by atoms with Crippen LogP contribution in [-0.2, 0) is 10.8 Å². The molecule has 0 aliphatic heterocycles. The third kappa shape index (κ3) is 6.59. The van der Waals surface area contributed by atoms with Crippen molar-refractivity contribution in [2.75, 3.05) is 0 Å². The topological polar surface area (TPSA) is 8.82 Å². The molecule has 0 atom stereocenters. The van der Waals surface area contributed by atoms with E-state index in [1.165, 1.54) is 11.1 Å². The van der Waals surface area contributed by atoms with Crippen molar-refractivity contribution < 1.29 is 13.7 Å². The average molecular weight is 983 g/mol. The van der Waals surface area contributed by atoms with Gasteiger partial charge in [0, 0.05) is 43.1 Å². The molecule has 0 saturated heterocycles. The number of fused-ring (bicyclic) bond motifs is 12. The van der Waals surface area contributed by atoms with Crippen LogP contribution in [0.2, 0.25) is 0 Å². The largest absolute Gasteiger partial charge is 0.308 e. The van der Waals surface area contributed by atoms with Gasteiger partial charge in [0.2, 0.25) is 0 Å². The van der Waals surface area contributed by atoms with Gasteiger partial charge in [-0.15, -0.1) is 0 Å². The molecule has 0 fully saturated rings. The lowest BCUT2D eigenvalue weighted by Gasteiger charge is -2.19. The van der Waals surface area contributed by atoms with Crippen LogP contribution in [0.1, 0.15) is 66.4 Å². The van der Waals surface area contributed by atoms with Crippen molar-refractivity contribution in [2.45, 2.75) is 52.4 Å². The molecule has 0 radical (unpaired) electrons. The second-order valence-electron chi connectivity index (χ2n) is 22.5. The highest BCUT2D eigenvalue weighted by Crippen LogP contribution is 2.51. The molecule has 76 heavy (non-hydrogen) atoms. The molecule has 0 N–H and O–H groups in total. The average Bonchev–Trinajstić information content (AvgIpc) is 1.55. The van der Waals surface area contributed by atoms with E-state index in [1.807, 2.05) is 60.7 Å². The van der Waals surface area contributed by atoms with Crippen LogP contribution in [0.25, 0.3) is 143 Å². The molecule has 4 aromatic heterocycles. The Balaban J connectivity index is 1.02. The van der Waals surface area contributed by atoms with Gasteiger partial charge < -0.3 is 8.80 Å². The molecule has 0 saturated carbocycles. The zero-order valence-corrected chi connectivity index (χ0v) is 43.1. The van der Waals surface area contributed by atoms with Crippen LogP contribution < -0.4 is 0 Å². The van der Waals surface area contributed by atoms with Crippen molar-refractivity contribution in [1.82, 2.24) is 8.80 Å². The van der Waals surface area contributed by atoms with E-state index in [4.69, 9.17) is 13.7 Å². The number of hydrogen-bond acceptors (Lipinski definition) is 0. The highest BCUT2D eigenvalue weighted by Gasteiger charge is 2.28. The van der Waals surface area contributed by atoms with Gasteiger partial charge in [0.25, 0.3) is 0 Å². The van der Waals surface area contributed by atoms with Crippen LogP contribution in [0.3, 0.4) is 0 Å². The van der Waals surface area contributed by atoms with Crippen molar-refractivity contribution in [3.05, 3.63) is 241 Å². The Bertz CT molecular complexity index is 5020. The first-order valence-corrected chi connectivity index (χ1v) is 26.1. The maximum atomic E-state index is 8.95. The molecule has 0 aliphatic rings. The van der Waals surface area contributed by atoms with Crippen LogP contribution in [0.15, 0.2) is 230 Å². The fourth-order valence-electron chi connectivity index (χ4n) is 12.4. The molecular formula is C74H56N2. The molecule has 11 aromatic carbocycles. The first kappa shape index (κ1) is 35.3. The van der Waals surface area contributed by atoms with Crippen LogP contribution in [-0.4, -0.2) is 8.80 Å². The van der Waals surface area contributed by atoms with E-state index < -0.39 is 12.1 Å². The highest BCUT2D eigenvalue weighted by molar-refractivity contribution is 6.32. The molecule has 15 aromatic rings. The number of aromatic nitrogens is 2. The molecule has 0 aliphatic carbocycles. The lowest BCUT2D eigenvalue weighted by molar-refractivity contribution is 0.591. The van der Waals surface area contributed by atoms with Crippen molar-refractivity contribution in [1.29, 1.82) is 0 Å². The van der Waals surface area contributed by atoms with Gasteiger partial charge >= 0.3 is 0 Å². The Hall–Kier alpha value is -8.98. The molecule has 15 rings (SSSR count). The number of benzene rings is 11. The predicted octanol–water partition coefficient (Wildman–Crippen LogP) is 20.6. The Morgan fingerprint density at radius 1 is 0.289 bits per heavy atom. The smallest absolute Gasteiger partial charge is 0.0629 e. The van der Waals surface area contributed by atoms with Crippen LogP contribution in [0.4, 0.5) is 0 Å². The van der Waals surface area contributed by atoms with E-state index in [2.05, 4.69) is 160 Å². The van der Waals surface area contributed by atoms with Gasteiger partial charge in [0.1, 0.15) is 0 Å². The molecule has 0 spiro atoms. The third-order valence-corrected chi connectivity index (χ3v) is 16.1. The van der Waals surface area contributed by atoms with E-state index in [0.29, 0.717) is 11.1 Å². The summed E-state index contributed by atoms with van der Waals surface area (Å²) in [4.78, 5) is 0. The maximum absolute atomic E-state index is 8.95. The molecule has 4 heterocycles. The minimum absolute atomic E-state index is 0.153. The Morgan fingerprint density at radius 3 is 1.08 bits per heavy atom. The molecule has 0 amide bonds.